The first-order valence-electron chi connectivity index (χ1n) is 11.7. The van der Waals surface area contributed by atoms with Gasteiger partial charge in [-0.3, -0.25) is 4.79 Å². The molecule has 0 saturated carbocycles. The zero-order valence-corrected chi connectivity index (χ0v) is 19.8. The molecule has 1 amide bonds. The lowest BCUT2D eigenvalue weighted by Crippen LogP contribution is -2.50. The van der Waals surface area contributed by atoms with Crippen molar-refractivity contribution in [3.8, 4) is 0 Å². The Hall–Kier alpha value is -3.07. The summed E-state index contributed by atoms with van der Waals surface area (Å²) in [5, 5.41) is 3.74. The Labute approximate surface area is 192 Å². The van der Waals surface area contributed by atoms with Crippen LogP contribution in [0.15, 0.2) is 78.9 Å². The molecule has 1 aliphatic rings. The smallest absolute Gasteiger partial charge is 0.258 e. The van der Waals surface area contributed by atoms with Gasteiger partial charge < -0.3 is 10.2 Å². The van der Waals surface area contributed by atoms with E-state index < -0.39 is 0 Å². The Kier molecular flexibility index (Phi) is 6.10. The summed E-state index contributed by atoms with van der Waals surface area (Å²) < 4.78 is 0. The van der Waals surface area contributed by atoms with Crippen LogP contribution < -0.4 is 10.2 Å². The molecule has 0 spiro atoms. The average molecular weight is 427 g/mol. The maximum Gasteiger partial charge on any atom is 0.258 e. The fourth-order valence-electron chi connectivity index (χ4n) is 4.88. The number of amides is 1. The normalized spacial score (nSPS) is 20.5. The number of para-hydroxylation sites is 2. The van der Waals surface area contributed by atoms with Gasteiger partial charge in [0, 0.05) is 28.9 Å². The molecule has 3 nitrogen and oxygen atoms in total. The van der Waals surface area contributed by atoms with Crippen molar-refractivity contribution >= 4 is 17.3 Å². The van der Waals surface area contributed by atoms with E-state index in [0.29, 0.717) is 0 Å². The predicted molar refractivity (Wildman–Crippen MR) is 134 cm³/mol. The summed E-state index contributed by atoms with van der Waals surface area (Å²) in [6.45, 7) is 11.0. The van der Waals surface area contributed by atoms with E-state index in [-0.39, 0.29) is 29.3 Å². The van der Waals surface area contributed by atoms with Gasteiger partial charge in [-0.1, -0.05) is 83.1 Å². The molecule has 3 unspecified atom stereocenters. The lowest BCUT2D eigenvalue weighted by molar-refractivity contribution is 0.0960. The number of nitrogens with one attached hydrogen (secondary N) is 1. The molecule has 0 bridgehead atoms. The lowest BCUT2D eigenvalue weighted by atomic mass is 9.80. The van der Waals surface area contributed by atoms with Crippen LogP contribution in [0.5, 0.6) is 0 Å². The molecule has 0 aromatic heterocycles. The summed E-state index contributed by atoms with van der Waals surface area (Å²) in [7, 11) is 0. The lowest BCUT2D eigenvalue weighted by Gasteiger charge is -2.45. The number of hydrogen-bond donors (Lipinski definition) is 1. The summed E-state index contributed by atoms with van der Waals surface area (Å²) in [6, 6.07) is 27.1. The first-order chi connectivity index (χ1) is 15.3. The Balaban J connectivity index is 1.73. The third-order valence-corrected chi connectivity index (χ3v) is 6.73. The molecule has 1 aliphatic heterocycles. The van der Waals surface area contributed by atoms with Gasteiger partial charge in [-0.2, -0.15) is 0 Å². The van der Waals surface area contributed by atoms with Crippen molar-refractivity contribution in [1.82, 2.24) is 0 Å². The van der Waals surface area contributed by atoms with Crippen molar-refractivity contribution in [2.24, 2.45) is 5.92 Å². The molecule has 3 heteroatoms. The van der Waals surface area contributed by atoms with Crippen LogP contribution in [0.2, 0.25) is 0 Å². The average Bonchev–Trinajstić information content (AvgIpc) is 2.80. The molecule has 1 heterocycles. The van der Waals surface area contributed by atoms with Crippen molar-refractivity contribution in [2.75, 3.05) is 10.2 Å². The van der Waals surface area contributed by atoms with Gasteiger partial charge in [0.05, 0.1) is 6.04 Å². The number of fused-ring (bicyclic) bond motifs is 1. The molecule has 1 N–H and O–H groups in total. The topological polar surface area (TPSA) is 32.3 Å². The maximum atomic E-state index is 13.8. The molecule has 0 fully saturated rings. The minimum atomic E-state index is 0.0656. The predicted octanol–water partition coefficient (Wildman–Crippen LogP) is 7.21. The fraction of sp³-hybridized carbons (Fsp3) is 0.345. The SMILES string of the molecule is CCC1C(C)C(Nc2ccccc2)c2ccccc2N1C(=O)c1ccc(C(C)(C)C)cc1. The fourth-order valence-corrected chi connectivity index (χ4v) is 4.88. The van der Waals surface area contributed by atoms with E-state index in [2.05, 4.69) is 94.5 Å². The minimum Gasteiger partial charge on any atom is -0.378 e. The number of hydrogen-bond acceptors (Lipinski definition) is 2. The second-order valence-corrected chi connectivity index (χ2v) is 9.88. The van der Waals surface area contributed by atoms with E-state index >= 15 is 0 Å². The molecule has 0 radical (unpaired) electrons. The Morgan fingerprint density at radius 1 is 0.906 bits per heavy atom. The summed E-state index contributed by atoms with van der Waals surface area (Å²) >= 11 is 0. The number of carbonyl (C=O) groups is 1. The standard InChI is InChI=1S/C29H34N2O/c1-6-25-20(2)27(30-23-12-8-7-9-13-23)24-14-10-11-15-26(24)31(25)28(32)21-16-18-22(19-17-21)29(3,4)5/h7-20,25,27,30H,6H2,1-5H3. The van der Waals surface area contributed by atoms with Crippen LogP contribution in [-0.4, -0.2) is 11.9 Å². The van der Waals surface area contributed by atoms with E-state index in [4.69, 9.17) is 0 Å². The summed E-state index contributed by atoms with van der Waals surface area (Å²) in [5.41, 5.74) is 5.33. The molecule has 3 aromatic rings. The highest BCUT2D eigenvalue weighted by atomic mass is 16.2. The first-order valence-corrected chi connectivity index (χ1v) is 11.7. The third-order valence-electron chi connectivity index (χ3n) is 6.73. The van der Waals surface area contributed by atoms with Gasteiger partial charge in [0.1, 0.15) is 0 Å². The van der Waals surface area contributed by atoms with E-state index in [1.807, 2.05) is 29.2 Å². The number of rotatable bonds is 4. The molecule has 0 aliphatic carbocycles. The number of nitrogens with zero attached hydrogens (tertiary/aromatic N) is 1. The summed E-state index contributed by atoms with van der Waals surface area (Å²) in [4.78, 5) is 15.8. The van der Waals surface area contributed by atoms with Gasteiger partial charge >= 0.3 is 0 Å². The zero-order chi connectivity index (χ0) is 22.9. The third kappa shape index (κ3) is 4.17. The van der Waals surface area contributed by atoms with Crippen LogP contribution in [0, 0.1) is 5.92 Å². The van der Waals surface area contributed by atoms with Gasteiger partial charge in [-0.15, -0.1) is 0 Å². The largest absolute Gasteiger partial charge is 0.378 e. The monoisotopic (exact) mass is 426 g/mol. The van der Waals surface area contributed by atoms with Crippen molar-refractivity contribution in [3.63, 3.8) is 0 Å². The van der Waals surface area contributed by atoms with Crippen molar-refractivity contribution in [3.05, 3.63) is 95.6 Å². The molecule has 0 saturated heterocycles. The summed E-state index contributed by atoms with van der Waals surface area (Å²) in [5.74, 6) is 0.336. The van der Waals surface area contributed by atoms with Crippen LogP contribution in [0.25, 0.3) is 0 Å². The molecule has 166 valence electrons. The maximum absolute atomic E-state index is 13.8. The minimum absolute atomic E-state index is 0.0656. The quantitative estimate of drug-likeness (QED) is 0.478. The van der Waals surface area contributed by atoms with Crippen molar-refractivity contribution < 1.29 is 4.79 Å². The molecule has 4 rings (SSSR count). The van der Waals surface area contributed by atoms with Crippen LogP contribution in [-0.2, 0) is 5.41 Å². The van der Waals surface area contributed by atoms with Gasteiger partial charge in [0.15, 0.2) is 0 Å². The van der Waals surface area contributed by atoms with Gasteiger partial charge in [0.2, 0.25) is 0 Å². The Bertz CT molecular complexity index is 1070. The van der Waals surface area contributed by atoms with Crippen LogP contribution in [0.4, 0.5) is 11.4 Å². The van der Waals surface area contributed by atoms with Crippen LogP contribution >= 0.6 is 0 Å². The van der Waals surface area contributed by atoms with Crippen LogP contribution in [0.1, 0.15) is 68.6 Å². The highest BCUT2D eigenvalue weighted by Crippen LogP contribution is 2.44. The zero-order valence-electron chi connectivity index (χ0n) is 19.8. The van der Waals surface area contributed by atoms with Crippen molar-refractivity contribution in [2.45, 2.75) is 58.5 Å². The highest BCUT2D eigenvalue weighted by molar-refractivity contribution is 6.07. The number of benzene rings is 3. The molecular weight excluding hydrogens is 392 g/mol. The van der Waals surface area contributed by atoms with E-state index in [9.17, 15) is 4.79 Å². The summed E-state index contributed by atoms with van der Waals surface area (Å²) in [6.07, 6.45) is 0.897. The Morgan fingerprint density at radius 2 is 1.53 bits per heavy atom. The second-order valence-electron chi connectivity index (χ2n) is 9.88. The second kappa shape index (κ2) is 8.82. The number of carbonyl (C=O) groups excluding carboxylic acids is 1. The molecule has 3 atom stereocenters. The number of anilines is 2. The van der Waals surface area contributed by atoms with E-state index in [1.54, 1.807) is 0 Å². The first kappa shape index (κ1) is 22.1. The molecule has 3 aromatic carbocycles. The molecule has 32 heavy (non-hydrogen) atoms. The van der Waals surface area contributed by atoms with Gasteiger partial charge in [0.25, 0.3) is 5.91 Å². The van der Waals surface area contributed by atoms with Crippen molar-refractivity contribution in [1.29, 1.82) is 0 Å². The van der Waals surface area contributed by atoms with E-state index in [0.717, 1.165) is 23.4 Å². The van der Waals surface area contributed by atoms with Crippen LogP contribution in [0.3, 0.4) is 0 Å². The van der Waals surface area contributed by atoms with Gasteiger partial charge in [-0.25, -0.2) is 0 Å². The van der Waals surface area contributed by atoms with E-state index in [1.165, 1.54) is 11.1 Å². The Morgan fingerprint density at radius 3 is 2.16 bits per heavy atom. The van der Waals surface area contributed by atoms with Gasteiger partial charge in [-0.05, 0) is 53.3 Å². The highest BCUT2D eigenvalue weighted by Gasteiger charge is 2.40. The molecular formula is C29H34N2O.